The molecule has 1 N–H and O–H groups in total. The number of nitrogens with zero attached hydrogens (tertiary/aromatic N) is 3. The van der Waals surface area contributed by atoms with Gasteiger partial charge in [0.2, 0.25) is 15.9 Å². The number of hydrogen-bond donors (Lipinski definition) is 1. The first-order chi connectivity index (χ1) is 16.1. The zero-order chi connectivity index (χ0) is 24.9. The van der Waals surface area contributed by atoms with E-state index in [1.165, 1.54) is 0 Å². The number of rotatable bonds is 7. The van der Waals surface area contributed by atoms with E-state index in [0.29, 0.717) is 43.0 Å². The van der Waals surface area contributed by atoms with Gasteiger partial charge in [-0.3, -0.25) is 9.52 Å². The first kappa shape index (κ1) is 25.2. The molecule has 0 aliphatic carbocycles. The van der Waals surface area contributed by atoms with Crippen LogP contribution in [0.25, 0.3) is 0 Å². The molecule has 1 saturated heterocycles. The van der Waals surface area contributed by atoms with Crippen LogP contribution in [0.15, 0.2) is 36.4 Å². The second kappa shape index (κ2) is 10.7. The van der Waals surface area contributed by atoms with E-state index in [9.17, 15) is 23.3 Å². The first-order valence-corrected chi connectivity index (χ1v) is 12.7. The smallest absolute Gasteiger partial charge is 0.341 e. The van der Waals surface area contributed by atoms with Crippen LogP contribution in [0.4, 0.5) is 5.82 Å². The number of hydrogen-bond acceptors (Lipinski definition) is 8. The Bertz CT molecular complexity index is 1200. The van der Waals surface area contributed by atoms with Gasteiger partial charge in [-0.15, -0.1) is 0 Å². The monoisotopic (exact) mass is 484 g/mol. The number of anilines is 1. The van der Waals surface area contributed by atoms with E-state index in [1.54, 1.807) is 57.2 Å². The number of aromatic nitrogens is 1. The number of nitriles is 1. The molecule has 34 heavy (non-hydrogen) atoms. The molecule has 0 saturated carbocycles. The Labute approximate surface area is 199 Å². The molecule has 1 amide bonds. The highest BCUT2D eigenvalue weighted by molar-refractivity contribution is 7.89. The molecule has 1 aliphatic heterocycles. The van der Waals surface area contributed by atoms with Gasteiger partial charge in [0.25, 0.3) is 0 Å². The van der Waals surface area contributed by atoms with Gasteiger partial charge in [0.1, 0.15) is 11.9 Å². The second-order valence-corrected chi connectivity index (χ2v) is 10.2. The number of amides is 1. The minimum absolute atomic E-state index is 0.151. The number of aryl methyl sites for hydroxylation is 1. The van der Waals surface area contributed by atoms with Gasteiger partial charge in [-0.25, -0.2) is 18.2 Å². The van der Waals surface area contributed by atoms with Crippen molar-refractivity contribution in [1.82, 2.24) is 9.71 Å². The largest absolute Gasteiger partial charge is 0.459 e. The molecule has 2 heterocycles. The molecule has 180 valence electrons. The molecule has 3 rings (SSSR count). The van der Waals surface area contributed by atoms with Gasteiger partial charge in [-0.05, 0) is 45.2 Å². The molecule has 0 atom stereocenters. The molecule has 1 aliphatic rings. The molecule has 1 aromatic heterocycles. The third-order valence-electron chi connectivity index (χ3n) is 5.50. The first-order valence-electron chi connectivity index (χ1n) is 11.1. The summed E-state index contributed by atoms with van der Waals surface area (Å²) in [5.74, 6) is -1.27. The molecule has 9 nitrogen and oxygen atoms in total. The average molecular weight is 485 g/mol. The lowest BCUT2D eigenvalue weighted by Gasteiger charge is -2.32. The van der Waals surface area contributed by atoms with Crippen molar-refractivity contribution < 1.29 is 22.7 Å². The fraction of sp³-hybridized carbons (Fsp3) is 0.417. The Balaban J connectivity index is 1.64. The third-order valence-corrected chi connectivity index (χ3v) is 6.73. The van der Waals surface area contributed by atoms with E-state index in [2.05, 4.69) is 9.71 Å². The molecule has 2 aromatic rings. The topological polar surface area (TPSA) is 129 Å². The van der Waals surface area contributed by atoms with E-state index < -0.39 is 27.8 Å². The van der Waals surface area contributed by atoms with Gasteiger partial charge < -0.3 is 9.64 Å². The van der Waals surface area contributed by atoms with Gasteiger partial charge in [-0.1, -0.05) is 30.3 Å². The lowest BCUT2D eigenvalue weighted by Crippen LogP contribution is -2.43. The quantitative estimate of drug-likeness (QED) is 0.594. The highest BCUT2D eigenvalue weighted by Gasteiger charge is 2.29. The van der Waals surface area contributed by atoms with Crippen LogP contribution in [0.1, 0.15) is 53.9 Å². The number of carbonyl (C=O) groups excluding carboxylic acids is 2. The van der Waals surface area contributed by atoms with Crippen molar-refractivity contribution in [2.75, 3.05) is 18.0 Å². The van der Waals surface area contributed by atoms with Crippen LogP contribution in [-0.4, -0.2) is 44.5 Å². The number of sulfonamides is 1. The Morgan fingerprint density at radius 1 is 1.24 bits per heavy atom. The lowest BCUT2D eigenvalue weighted by molar-refractivity contribution is -0.123. The number of piperidine rings is 1. The third kappa shape index (κ3) is 6.32. The second-order valence-electron chi connectivity index (χ2n) is 8.53. The van der Waals surface area contributed by atoms with Crippen molar-refractivity contribution in [2.45, 2.75) is 45.5 Å². The van der Waals surface area contributed by atoms with Gasteiger partial charge in [-0.2, -0.15) is 5.26 Å². The van der Waals surface area contributed by atoms with Crippen LogP contribution in [-0.2, 0) is 25.3 Å². The van der Waals surface area contributed by atoms with Crippen molar-refractivity contribution in [1.29, 1.82) is 5.26 Å². The molecule has 0 spiro atoms. The summed E-state index contributed by atoms with van der Waals surface area (Å²) in [5.41, 5.74) is 1.33. The summed E-state index contributed by atoms with van der Waals surface area (Å²) >= 11 is 0. The SMILES string of the molecule is Cc1nc(N2CCC(C(=O)NS(=O)(=O)Cc3ccccc3)CC2)cc(C#N)c1C(=O)OC(C)C. The van der Waals surface area contributed by atoms with E-state index in [0.717, 1.165) is 0 Å². The predicted octanol–water partition coefficient (Wildman–Crippen LogP) is 2.69. The Morgan fingerprint density at radius 2 is 1.88 bits per heavy atom. The Morgan fingerprint density at radius 3 is 2.47 bits per heavy atom. The predicted molar refractivity (Wildman–Crippen MR) is 126 cm³/mol. The maximum atomic E-state index is 12.6. The normalized spacial score (nSPS) is 14.5. The number of pyridine rings is 1. The summed E-state index contributed by atoms with van der Waals surface area (Å²) < 4.78 is 32.2. The summed E-state index contributed by atoms with van der Waals surface area (Å²) in [6.07, 6.45) is 0.554. The average Bonchev–Trinajstić information content (AvgIpc) is 2.78. The van der Waals surface area contributed by atoms with Gasteiger partial charge in [0, 0.05) is 19.0 Å². The summed E-state index contributed by atoms with van der Waals surface area (Å²) in [6.45, 7) is 6.04. The number of ether oxygens (including phenoxy) is 1. The van der Waals surface area contributed by atoms with Crippen LogP contribution >= 0.6 is 0 Å². The number of nitrogens with one attached hydrogen (secondary N) is 1. The Hall–Kier alpha value is -3.45. The van der Waals surface area contributed by atoms with Crippen molar-refractivity contribution in [2.24, 2.45) is 5.92 Å². The maximum Gasteiger partial charge on any atom is 0.341 e. The van der Waals surface area contributed by atoms with Crippen molar-refractivity contribution in [3.63, 3.8) is 0 Å². The van der Waals surface area contributed by atoms with Gasteiger partial charge in [0.05, 0.1) is 28.7 Å². The van der Waals surface area contributed by atoms with Crippen LogP contribution < -0.4 is 9.62 Å². The lowest BCUT2D eigenvalue weighted by atomic mass is 9.96. The van der Waals surface area contributed by atoms with Crippen LogP contribution in [0, 0.1) is 24.2 Å². The summed E-state index contributed by atoms with van der Waals surface area (Å²) in [7, 11) is -3.79. The molecule has 0 bridgehead atoms. The molecule has 1 fully saturated rings. The molecule has 10 heteroatoms. The zero-order valence-electron chi connectivity index (χ0n) is 19.4. The molecular formula is C24H28N4O5S. The van der Waals surface area contributed by atoms with E-state index in [4.69, 9.17) is 4.74 Å². The minimum atomic E-state index is -3.79. The van der Waals surface area contributed by atoms with Gasteiger partial charge >= 0.3 is 5.97 Å². The highest BCUT2D eigenvalue weighted by Crippen LogP contribution is 2.26. The van der Waals surface area contributed by atoms with Crippen LogP contribution in [0.5, 0.6) is 0 Å². The minimum Gasteiger partial charge on any atom is -0.459 e. The van der Waals surface area contributed by atoms with Crippen molar-refractivity contribution in [3.05, 3.63) is 58.8 Å². The molecule has 1 aromatic carbocycles. The molecular weight excluding hydrogens is 456 g/mol. The Kier molecular flexibility index (Phi) is 7.89. The maximum absolute atomic E-state index is 12.6. The fourth-order valence-electron chi connectivity index (χ4n) is 3.87. The highest BCUT2D eigenvalue weighted by atomic mass is 32.2. The summed E-state index contributed by atoms with van der Waals surface area (Å²) in [6, 6.07) is 12.3. The number of benzene rings is 1. The van der Waals surface area contributed by atoms with Crippen LogP contribution in [0.3, 0.4) is 0 Å². The summed E-state index contributed by atoms with van der Waals surface area (Å²) in [5, 5.41) is 9.56. The summed E-state index contributed by atoms with van der Waals surface area (Å²) in [4.78, 5) is 31.4. The van der Waals surface area contributed by atoms with E-state index in [-0.39, 0.29) is 23.0 Å². The van der Waals surface area contributed by atoms with Crippen molar-refractivity contribution >= 4 is 27.7 Å². The van der Waals surface area contributed by atoms with E-state index in [1.807, 2.05) is 11.0 Å². The fourth-order valence-corrected chi connectivity index (χ4v) is 5.05. The molecule has 0 radical (unpaired) electrons. The number of carbonyl (C=O) groups is 2. The number of esters is 1. The van der Waals surface area contributed by atoms with E-state index >= 15 is 0 Å². The van der Waals surface area contributed by atoms with Gasteiger partial charge in [0.15, 0.2) is 0 Å². The molecule has 0 unspecified atom stereocenters. The van der Waals surface area contributed by atoms with Crippen molar-refractivity contribution in [3.8, 4) is 6.07 Å². The standard InChI is InChI=1S/C24H28N4O5S/c1-16(2)33-24(30)22-17(3)26-21(13-20(22)14-25)28-11-9-19(10-12-28)23(29)27-34(31,32)15-18-7-5-4-6-8-18/h4-8,13,16,19H,9-12,15H2,1-3H3,(H,27,29). The van der Waals surface area contributed by atoms with Crippen LogP contribution in [0.2, 0.25) is 0 Å². The zero-order valence-corrected chi connectivity index (χ0v) is 20.3.